The molecule has 90 valence electrons. The molecule has 0 amide bonds. The van der Waals surface area contributed by atoms with Crippen LogP contribution in [0.15, 0.2) is 11.6 Å². The van der Waals surface area contributed by atoms with E-state index in [9.17, 15) is 14.7 Å². The van der Waals surface area contributed by atoms with Gasteiger partial charge in [0.05, 0.1) is 6.10 Å². The van der Waals surface area contributed by atoms with Gasteiger partial charge in [-0.2, -0.15) is 0 Å². The molecule has 16 heavy (non-hydrogen) atoms. The summed E-state index contributed by atoms with van der Waals surface area (Å²) in [7, 11) is 0. The number of ketones is 1. The van der Waals surface area contributed by atoms with E-state index < -0.39 is 12.1 Å². The number of aliphatic hydroxyl groups excluding tert-OH is 1. The molecule has 1 unspecified atom stereocenters. The van der Waals surface area contributed by atoms with Crippen molar-refractivity contribution >= 4 is 11.8 Å². The van der Waals surface area contributed by atoms with Gasteiger partial charge in [0.15, 0.2) is 5.78 Å². The van der Waals surface area contributed by atoms with E-state index in [-0.39, 0.29) is 18.6 Å². The van der Waals surface area contributed by atoms with E-state index >= 15 is 0 Å². The number of hydrogen-bond donors (Lipinski definition) is 2. The maximum atomic E-state index is 11.3. The lowest BCUT2D eigenvalue weighted by molar-refractivity contribution is -0.137. The Morgan fingerprint density at radius 3 is 2.56 bits per heavy atom. The smallest absolute Gasteiger partial charge is 0.303 e. The van der Waals surface area contributed by atoms with E-state index in [0.29, 0.717) is 12.8 Å². The zero-order valence-electron chi connectivity index (χ0n) is 9.32. The molecule has 0 fully saturated rings. The number of aliphatic hydroxyl groups is 1. The van der Waals surface area contributed by atoms with E-state index in [2.05, 4.69) is 0 Å². The molecular weight excluding hydrogens is 208 g/mol. The van der Waals surface area contributed by atoms with Gasteiger partial charge in [-0.15, -0.1) is 0 Å². The number of carboxylic acid groups (broad SMARTS) is 1. The fraction of sp³-hybridized carbons (Fsp3) is 0.667. The zero-order chi connectivity index (χ0) is 12.0. The number of hydrogen-bond acceptors (Lipinski definition) is 3. The maximum Gasteiger partial charge on any atom is 0.303 e. The molecule has 4 nitrogen and oxygen atoms in total. The minimum absolute atomic E-state index is 0.0537. The SMILES string of the molecule is O=C(O)CCCCCCC1=CC(O)CC1=O. The van der Waals surface area contributed by atoms with Crippen molar-refractivity contribution in [1.29, 1.82) is 0 Å². The lowest BCUT2D eigenvalue weighted by Gasteiger charge is -2.00. The molecule has 0 aromatic carbocycles. The first kappa shape index (κ1) is 12.9. The maximum absolute atomic E-state index is 11.3. The second kappa shape index (κ2) is 6.43. The number of carbonyl (C=O) groups excluding carboxylic acids is 1. The van der Waals surface area contributed by atoms with E-state index in [1.165, 1.54) is 0 Å². The van der Waals surface area contributed by atoms with Crippen LogP contribution in [0.25, 0.3) is 0 Å². The van der Waals surface area contributed by atoms with Gasteiger partial charge in [-0.05, 0) is 30.9 Å². The summed E-state index contributed by atoms with van der Waals surface area (Å²) in [4.78, 5) is 21.5. The van der Waals surface area contributed by atoms with E-state index in [4.69, 9.17) is 5.11 Å². The number of Topliss-reactive ketones (excluding diaryl/α,β-unsaturated/α-hetero) is 1. The monoisotopic (exact) mass is 226 g/mol. The third-order valence-electron chi connectivity index (χ3n) is 2.73. The van der Waals surface area contributed by atoms with Crippen molar-refractivity contribution in [3.63, 3.8) is 0 Å². The topological polar surface area (TPSA) is 74.6 Å². The molecule has 0 radical (unpaired) electrons. The van der Waals surface area contributed by atoms with E-state index in [1.54, 1.807) is 6.08 Å². The number of rotatable bonds is 7. The molecule has 1 aliphatic carbocycles. The highest BCUT2D eigenvalue weighted by Crippen LogP contribution is 2.20. The molecule has 2 N–H and O–H groups in total. The molecule has 1 aliphatic rings. The average Bonchev–Trinajstić information content (AvgIpc) is 2.50. The molecule has 0 heterocycles. The third-order valence-corrected chi connectivity index (χ3v) is 2.73. The predicted molar refractivity (Wildman–Crippen MR) is 59.1 cm³/mol. The first-order chi connectivity index (χ1) is 7.59. The van der Waals surface area contributed by atoms with Gasteiger partial charge in [0.25, 0.3) is 0 Å². The Bertz CT molecular complexity index is 293. The zero-order valence-corrected chi connectivity index (χ0v) is 9.32. The van der Waals surface area contributed by atoms with Gasteiger partial charge < -0.3 is 10.2 Å². The van der Waals surface area contributed by atoms with Crippen molar-refractivity contribution in [2.24, 2.45) is 0 Å². The average molecular weight is 226 g/mol. The number of unbranched alkanes of at least 4 members (excludes halogenated alkanes) is 3. The van der Waals surface area contributed by atoms with Crippen LogP contribution in [0.2, 0.25) is 0 Å². The normalized spacial score (nSPS) is 19.9. The Labute approximate surface area is 95.0 Å². The fourth-order valence-electron chi connectivity index (χ4n) is 1.87. The standard InChI is InChI=1S/C12H18O4/c13-10-7-9(11(14)8-10)5-3-1-2-4-6-12(15)16/h7,10,13H,1-6,8H2,(H,15,16). The van der Waals surface area contributed by atoms with Gasteiger partial charge in [-0.1, -0.05) is 12.8 Å². The van der Waals surface area contributed by atoms with Gasteiger partial charge in [-0.25, -0.2) is 0 Å². The van der Waals surface area contributed by atoms with Crippen LogP contribution >= 0.6 is 0 Å². The van der Waals surface area contributed by atoms with Crippen LogP contribution in [-0.2, 0) is 9.59 Å². The Morgan fingerprint density at radius 2 is 2.00 bits per heavy atom. The Hall–Kier alpha value is -1.16. The third kappa shape index (κ3) is 4.57. The number of allylic oxidation sites excluding steroid dienone is 1. The number of carbonyl (C=O) groups is 2. The Balaban J connectivity index is 2.05. The highest BCUT2D eigenvalue weighted by Gasteiger charge is 2.21. The van der Waals surface area contributed by atoms with Crippen molar-refractivity contribution in [3.05, 3.63) is 11.6 Å². The summed E-state index contributed by atoms with van der Waals surface area (Å²) in [5, 5.41) is 17.6. The Morgan fingerprint density at radius 1 is 1.31 bits per heavy atom. The molecule has 4 heteroatoms. The summed E-state index contributed by atoms with van der Waals surface area (Å²) in [5.41, 5.74) is 0.741. The summed E-state index contributed by atoms with van der Waals surface area (Å²) in [6.45, 7) is 0. The van der Waals surface area contributed by atoms with Crippen molar-refractivity contribution < 1.29 is 19.8 Å². The van der Waals surface area contributed by atoms with Crippen LogP contribution in [0.3, 0.4) is 0 Å². The second-order valence-corrected chi connectivity index (χ2v) is 4.19. The first-order valence-corrected chi connectivity index (χ1v) is 5.73. The molecule has 0 spiro atoms. The van der Waals surface area contributed by atoms with Crippen LogP contribution in [-0.4, -0.2) is 28.1 Å². The van der Waals surface area contributed by atoms with Crippen molar-refractivity contribution in [1.82, 2.24) is 0 Å². The molecule has 0 aromatic rings. The molecular formula is C12H18O4. The Kier molecular flexibility index (Phi) is 5.19. The summed E-state index contributed by atoms with van der Waals surface area (Å²) in [6.07, 6.45) is 5.63. The van der Waals surface area contributed by atoms with Crippen LogP contribution in [0, 0.1) is 0 Å². The molecule has 1 rings (SSSR count). The molecule has 0 saturated carbocycles. The van der Waals surface area contributed by atoms with E-state index in [1.807, 2.05) is 0 Å². The largest absolute Gasteiger partial charge is 0.481 e. The number of aliphatic carboxylic acids is 1. The van der Waals surface area contributed by atoms with Gasteiger partial charge in [0, 0.05) is 12.8 Å². The molecule has 0 aromatic heterocycles. The summed E-state index contributed by atoms with van der Waals surface area (Å²) >= 11 is 0. The summed E-state index contributed by atoms with van der Waals surface area (Å²) < 4.78 is 0. The quantitative estimate of drug-likeness (QED) is 0.647. The molecule has 0 aliphatic heterocycles. The van der Waals surface area contributed by atoms with Gasteiger partial charge in [0.2, 0.25) is 0 Å². The highest BCUT2D eigenvalue weighted by molar-refractivity contribution is 5.98. The number of carboxylic acids is 1. The van der Waals surface area contributed by atoms with Crippen molar-refractivity contribution in [2.75, 3.05) is 0 Å². The lowest BCUT2D eigenvalue weighted by Crippen LogP contribution is -2.01. The van der Waals surface area contributed by atoms with Gasteiger partial charge in [-0.3, -0.25) is 9.59 Å². The summed E-state index contributed by atoms with van der Waals surface area (Å²) in [6, 6.07) is 0. The first-order valence-electron chi connectivity index (χ1n) is 5.73. The second-order valence-electron chi connectivity index (χ2n) is 4.19. The molecule has 0 bridgehead atoms. The van der Waals surface area contributed by atoms with E-state index in [0.717, 1.165) is 24.8 Å². The van der Waals surface area contributed by atoms with Crippen LogP contribution in [0.5, 0.6) is 0 Å². The van der Waals surface area contributed by atoms with Crippen molar-refractivity contribution in [3.8, 4) is 0 Å². The lowest BCUT2D eigenvalue weighted by atomic mass is 10.0. The minimum Gasteiger partial charge on any atom is -0.481 e. The van der Waals surface area contributed by atoms with Crippen molar-refractivity contribution in [2.45, 2.75) is 51.0 Å². The minimum atomic E-state index is -0.753. The van der Waals surface area contributed by atoms with Crippen LogP contribution < -0.4 is 0 Å². The van der Waals surface area contributed by atoms with Gasteiger partial charge >= 0.3 is 5.97 Å². The highest BCUT2D eigenvalue weighted by atomic mass is 16.4. The summed E-state index contributed by atoms with van der Waals surface area (Å²) in [5.74, 6) is -0.699. The fourth-order valence-corrected chi connectivity index (χ4v) is 1.87. The molecule has 0 saturated heterocycles. The van der Waals surface area contributed by atoms with Crippen LogP contribution in [0.1, 0.15) is 44.9 Å². The van der Waals surface area contributed by atoms with Gasteiger partial charge in [0.1, 0.15) is 0 Å². The predicted octanol–water partition coefficient (Wildman–Crippen LogP) is 1.67. The van der Waals surface area contributed by atoms with Crippen LogP contribution in [0.4, 0.5) is 0 Å². The molecule has 1 atom stereocenters.